The van der Waals surface area contributed by atoms with Crippen molar-refractivity contribution >= 4 is 5.91 Å². The SMILES string of the molecule is CNC(=O)c1ccc(CN(C)Cc2nc(-c3ccccc3)oc2C)cc1. The van der Waals surface area contributed by atoms with Crippen molar-refractivity contribution in [3.8, 4) is 11.5 Å². The molecule has 0 bridgehead atoms. The Morgan fingerprint density at radius 2 is 1.77 bits per heavy atom. The fraction of sp³-hybridized carbons (Fsp3) is 0.238. The fourth-order valence-corrected chi connectivity index (χ4v) is 2.81. The molecule has 26 heavy (non-hydrogen) atoms. The molecule has 0 aliphatic heterocycles. The van der Waals surface area contributed by atoms with Crippen molar-refractivity contribution in [1.29, 1.82) is 0 Å². The Balaban J connectivity index is 1.66. The summed E-state index contributed by atoms with van der Waals surface area (Å²) in [6.45, 7) is 3.40. The Bertz CT molecular complexity index is 870. The molecule has 0 saturated carbocycles. The second-order valence-corrected chi connectivity index (χ2v) is 6.34. The fourth-order valence-electron chi connectivity index (χ4n) is 2.81. The minimum absolute atomic E-state index is 0.0726. The molecular formula is C21H23N3O2. The molecule has 1 aromatic heterocycles. The number of oxazole rings is 1. The number of nitrogens with zero attached hydrogens (tertiary/aromatic N) is 2. The Labute approximate surface area is 153 Å². The first-order valence-corrected chi connectivity index (χ1v) is 8.58. The van der Waals surface area contributed by atoms with Crippen LogP contribution in [0.5, 0.6) is 0 Å². The van der Waals surface area contributed by atoms with Crippen LogP contribution in [0.1, 0.15) is 27.4 Å². The van der Waals surface area contributed by atoms with E-state index in [0.29, 0.717) is 18.0 Å². The van der Waals surface area contributed by atoms with Gasteiger partial charge in [0.05, 0.1) is 5.69 Å². The van der Waals surface area contributed by atoms with Crippen LogP contribution in [0.2, 0.25) is 0 Å². The molecule has 5 heteroatoms. The third-order valence-corrected chi connectivity index (χ3v) is 4.23. The third-order valence-electron chi connectivity index (χ3n) is 4.23. The van der Waals surface area contributed by atoms with Gasteiger partial charge in [0, 0.05) is 31.3 Å². The van der Waals surface area contributed by atoms with Gasteiger partial charge in [-0.25, -0.2) is 4.98 Å². The maximum absolute atomic E-state index is 11.6. The van der Waals surface area contributed by atoms with Gasteiger partial charge in [0.15, 0.2) is 0 Å². The molecule has 0 aliphatic carbocycles. The molecule has 1 heterocycles. The normalized spacial score (nSPS) is 10.9. The summed E-state index contributed by atoms with van der Waals surface area (Å²) in [6, 6.07) is 17.6. The van der Waals surface area contributed by atoms with E-state index >= 15 is 0 Å². The van der Waals surface area contributed by atoms with Crippen molar-refractivity contribution in [2.45, 2.75) is 20.0 Å². The van der Waals surface area contributed by atoms with Gasteiger partial charge in [-0.05, 0) is 43.8 Å². The topological polar surface area (TPSA) is 58.4 Å². The number of amides is 1. The Morgan fingerprint density at radius 3 is 2.42 bits per heavy atom. The lowest BCUT2D eigenvalue weighted by Crippen LogP contribution is -2.19. The van der Waals surface area contributed by atoms with Crippen LogP contribution >= 0.6 is 0 Å². The van der Waals surface area contributed by atoms with E-state index in [1.165, 1.54) is 0 Å². The van der Waals surface area contributed by atoms with Crippen molar-refractivity contribution in [2.24, 2.45) is 0 Å². The smallest absolute Gasteiger partial charge is 0.251 e. The highest BCUT2D eigenvalue weighted by Crippen LogP contribution is 2.22. The van der Waals surface area contributed by atoms with Gasteiger partial charge in [-0.1, -0.05) is 30.3 Å². The van der Waals surface area contributed by atoms with E-state index in [-0.39, 0.29) is 5.91 Å². The number of aromatic nitrogens is 1. The summed E-state index contributed by atoms with van der Waals surface area (Å²) < 4.78 is 5.82. The van der Waals surface area contributed by atoms with Crippen LogP contribution in [0.4, 0.5) is 0 Å². The monoisotopic (exact) mass is 349 g/mol. The van der Waals surface area contributed by atoms with Crippen LogP contribution in [0.15, 0.2) is 59.0 Å². The maximum Gasteiger partial charge on any atom is 0.251 e. The molecule has 0 atom stereocenters. The van der Waals surface area contributed by atoms with E-state index < -0.39 is 0 Å². The van der Waals surface area contributed by atoms with Crippen LogP contribution in [-0.2, 0) is 13.1 Å². The highest BCUT2D eigenvalue weighted by atomic mass is 16.4. The first-order chi connectivity index (χ1) is 12.6. The Hall–Kier alpha value is -2.92. The van der Waals surface area contributed by atoms with E-state index in [1.807, 2.05) is 68.6 Å². The van der Waals surface area contributed by atoms with Gasteiger partial charge in [-0.2, -0.15) is 0 Å². The number of benzene rings is 2. The zero-order valence-electron chi connectivity index (χ0n) is 15.3. The predicted octanol–water partition coefficient (Wildman–Crippen LogP) is 3.64. The Kier molecular flexibility index (Phi) is 5.49. The van der Waals surface area contributed by atoms with E-state index in [1.54, 1.807) is 7.05 Å². The van der Waals surface area contributed by atoms with E-state index in [9.17, 15) is 4.79 Å². The quantitative estimate of drug-likeness (QED) is 0.738. The number of hydrogen-bond acceptors (Lipinski definition) is 4. The van der Waals surface area contributed by atoms with Crippen molar-refractivity contribution in [1.82, 2.24) is 15.2 Å². The van der Waals surface area contributed by atoms with Crippen LogP contribution in [0.3, 0.4) is 0 Å². The molecule has 0 aliphatic rings. The second kappa shape index (κ2) is 7.97. The summed E-state index contributed by atoms with van der Waals surface area (Å²) >= 11 is 0. The molecule has 1 amide bonds. The number of hydrogen-bond donors (Lipinski definition) is 1. The second-order valence-electron chi connectivity index (χ2n) is 6.34. The van der Waals surface area contributed by atoms with Crippen molar-refractivity contribution in [3.63, 3.8) is 0 Å². The number of aryl methyl sites for hydroxylation is 1. The zero-order chi connectivity index (χ0) is 18.5. The Morgan fingerprint density at radius 1 is 1.08 bits per heavy atom. The van der Waals surface area contributed by atoms with E-state index in [4.69, 9.17) is 4.42 Å². The third kappa shape index (κ3) is 4.18. The largest absolute Gasteiger partial charge is 0.441 e. The molecule has 134 valence electrons. The predicted molar refractivity (Wildman–Crippen MR) is 102 cm³/mol. The molecule has 1 N–H and O–H groups in total. The molecule has 2 aromatic carbocycles. The molecule has 0 fully saturated rings. The van der Waals surface area contributed by atoms with Gasteiger partial charge >= 0.3 is 0 Å². The summed E-state index contributed by atoms with van der Waals surface area (Å²) in [6.07, 6.45) is 0. The molecule has 0 radical (unpaired) electrons. The summed E-state index contributed by atoms with van der Waals surface area (Å²) in [5, 5.41) is 2.63. The number of rotatable bonds is 6. The van der Waals surface area contributed by atoms with Gasteiger partial charge in [0.1, 0.15) is 5.76 Å². The lowest BCUT2D eigenvalue weighted by molar-refractivity contribution is 0.0963. The average Bonchev–Trinajstić information content (AvgIpc) is 3.03. The highest BCUT2D eigenvalue weighted by Gasteiger charge is 2.13. The minimum atomic E-state index is -0.0726. The lowest BCUT2D eigenvalue weighted by atomic mass is 10.1. The standard InChI is InChI=1S/C21H23N3O2/c1-15-19(23-21(26-15)18-7-5-4-6-8-18)14-24(3)13-16-9-11-17(12-10-16)20(25)22-2/h4-12H,13-14H2,1-3H3,(H,22,25). The highest BCUT2D eigenvalue weighted by molar-refractivity contribution is 5.93. The summed E-state index contributed by atoms with van der Waals surface area (Å²) in [5.74, 6) is 1.42. The summed E-state index contributed by atoms with van der Waals surface area (Å²) in [7, 11) is 3.68. The van der Waals surface area contributed by atoms with Gasteiger partial charge in [0.2, 0.25) is 5.89 Å². The molecular weight excluding hydrogens is 326 g/mol. The summed E-state index contributed by atoms with van der Waals surface area (Å²) in [4.78, 5) is 18.4. The van der Waals surface area contributed by atoms with E-state index in [2.05, 4.69) is 15.2 Å². The number of nitrogens with one attached hydrogen (secondary N) is 1. The number of carbonyl (C=O) groups excluding carboxylic acids is 1. The van der Waals surface area contributed by atoms with Crippen molar-refractivity contribution in [2.75, 3.05) is 14.1 Å². The van der Waals surface area contributed by atoms with Crippen molar-refractivity contribution < 1.29 is 9.21 Å². The first kappa shape index (κ1) is 17.9. The van der Waals surface area contributed by atoms with E-state index in [0.717, 1.165) is 29.1 Å². The van der Waals surface area contributed by atoms with Crippen LogP contribution < -0.4 is 5.32 Å². The van der Waals surface area contributed by atoms with Gasteiger partial charge in [0.25, 0.3) is 5.91 Å². The summed E-state index contributed by atoms with van der Waals surface area (Å²) in [5.41, 5.74) is 3.73. The molecule has 0 saturated heterocycles. The molecule has 3 rings (SSSR count). The molecule has 0 unspecified atom stereocenters. The maximum atomic E-state index is 11.6. The van der Waals surface area contributed by atoms with Crippen molar-refractivity contribution in [3.05, 3.63) is 77.2 Å². The van der Waals surface area contributed by atoms with Crippen LogP contribution in [0.25, 0.3) is 11.5 Å². The molecule has 3 aromatic rings. The minimum Gasteiger partial charge on any atom is -0.441 e. The zero-order valence-corrected chi connectivity index (χ0v) is 15.3. The van der Waals surface area contributed by atoms with Crippen LogP contribution in [-0.4, -0.2) is 29.9 Å². The van der Waals surface area contributed by atoms with Gasteiger partial charge in [-0.15, -0.1) is 0 Å². The van der Waals surface area contributed by atoms with Crippen LogP contribution in [0, 0.1) is 6.92 Å². The average molecular weight is 349 g/mol. The molecule has 0 spiro atoms. The lowest BCUT2D eigenvalue weighted by Gasteiger charge is -2.15. The first-order valence-electron chi connectivity index (χ1n) is 8.58. The molecule has 5 nitrogen and oxygen atoms in total. The van der Waals surface area contributed by atoms with Gasteiger partial charge < -0.3 is 9.73 Å². The van der Waals surface area contributed by atoms with Gasteiger partial charge in [-0.3, -0.25) is 9.69 Å². The number of carbonyl (C=O) groups is 1.